The summed E-state index contributed by atoms with van der Waals surface area (Å²) in [4.78, 5) is 13.1. The van der Waals surface area contributed by atoms with Gasteiger partial charge in [-0.05, 0) is 36.4 Å². The van der Waals surface area contributed by atoms with Crippen LogP contribution in [0.1, 0.15) is 0 Å². The molecule has 112 valence electrons. The first-order chi connectivity index (χ1) is 11.2. The van der Waals surface area contributed by atoms with E-state index < -0.39 is 0 Å². The summed E-state index contributed by atoms with van der Waals surface area (Å²) in [6.07, 6.45) is 0. The van der Waals surface area contributed by atoms with Gasteiger partial charge in [0.25, 0.3) is 0 Å². The lowest BCUT2D eigenvalue weighted by Gasteiger charge is -2.00. The van der Waals surface area contributed by atoms with E-state index in [4.69, 9.17) is 27.6 Å². The number of benzene rings is 2. The third kappa shape index (κ3) is 2.67. The van der Waals surface area contributed by atoms with Gasteiger partial charge in [-0.3, -0.25) is 0 Å². The Balaban J connectivity index is 1.86. The minimum Gasteiger partial charge on any atom is -0.431 e. The van der Waals surface area contributed by atoms with E-state index in [2.05, 4.69) is 15.0 Å². The number of hydrogen-bond donors (Lipinski definition) is 0. The molecule has 2 heterocycles. The maximum Gasteiger partial charge on any atom is 0.229 e. The zero-order chi connectivity index (χ0) is 15.8. The number of rotatable bonds is 2. The van der Waals surface area contributed by atoms with Crippen LogP contribution in [0.3, 0.4) is 0 Å². The molecule has 0 saturated carbocycles. The van der Waals surface area contributed by atoms with Gasteiger partial charge >= 0.3 is 0 Å². The molecule has 6 heteroatoms. The van der Waals surface area contributed by atoms with Gasteiger partial charge in [0.1, 0.15) is 0 Å². The molecule has 0 radical (unpaired) electrons. The number of halogens is 2. The van der Waals surface area contributed by atoms with E-state index in [1.54, 1.807) is 12.1 Å². The average Bonchev–Trinajstić information content (AvgIpc) is 3.01. The van der Waals surface area contributed by atoms with Crippen LogP contribution in [0, 0.1) is 0 Å². The molecule has 23 heavy (non-hydrogen) atoms. The van der Waals surface area contributed by atoms with E-state index in [0.717, 1.165) is 11.1 Å². The third-order valence-electron chi connectivity index (χ3n) is 3.34. The van der Waals surface area contributed by atoms with E-state index >= 15 is 0 Å². The number of fused-ring (bicyclic) bond motifs is 1. The molecule has 2 aromatic heterocycles. The molecule has 0 fully saturated rings. The van der Waals surface area contributed by atoms with Crippen molar-refractivity contribution in [3.8, 4) is 22.8 Å². The second-order valence-electron chi connectivity index (χ2n) is 4.88. The zero-order valence-electron chi connectivity index (χ0n) is 11.7. The van der Waals surface area contributed by atoms with Crippen LogP contribution in [0.25, 0.3) is 34.1 Å². The Morgan fingerprint density at radius 3 is 2.22 bits per heavy atom. The lowest BCUT2D eigenvalue weighted by molar-refractivity contribution is 0.618. The summed E-state index contributed by atoms with van der Waals surface area (Å²) in [7, 11) is 0. The fourth-order valence-corrected chi connectivity index (χ4v) is 2.55. The Morgan fingerprint density at radius 1 is 0.739 bits per heavy atom. The van der Waals surface area contributed by atoms with Crippen molar-refractivity contribution in [3.05, 3.63) is 64.8 Å². The lowest BCUT2D eigenvalue weighted by Crippen LogP contribution is -1.90. The van der Waals surface area contributed by atoms with E-state index in [0.29, 0.717) is 28.0 Å². The van der Waals surface area contributed by atoms with Crippen LogP contribution in [-0.4, -0.2) is 15.0 Å². The highest BCUT2D eigenvalue weighted by Gasteiger charge is 2.15. The van der Waals surface area contributed by atoms with E-state index in [1.165, 1.54) is 0 Å². The minimum atomic E-state index is 0.231. The maximum atomic E-state index is 6.23. The topological polar surface area (TPSA) is 51.8 Å². The second-order valence-corrected chi connectivity index (χ2v) is 5.68. The fourth-order valence-electron chi connectivity index (χ4n) is 2.22. The highest BCUT2D eigenvalue weighted by molar-refractivity contribution is 6.33. The Bertz CT molecular complexity index is 982. The fraction of sp³-hybridized carbons (Fsp3) is 0. The van der Waals surface area contributed by atoms with Crippen LogP contribution in [0.4, 0.5) is 0 Å². The van der Waals surface area contributed by atoms with Crippen molar-refractivity contribution >= 4 is 34.4 Å². The van der Waals surface area contributed by atoms with Gasteiger partial charge in [0.15, 0.2) is 11.0 Å². The molecule has 2 aromatic carbocycles. The summed E-state index contributed by atoms with van der Waals surface area (Å²) < 4.78 is 5.71. The van der Waals surface area contributed by atoms with Crippen molar-refractivity contribution in [1.29, 1.82) is 0 Å². The number of nitrogens with zero attached hydrogens (tertiary/aromatic N) is 3. The first-order valence-electron chi connectivity index (χ1n) is 6.86. The summed E-state index contributed by atoms with van der Waals surface area (Å²) >= 11 is 12.1. The molecule has 0 amide bonds. The van der Waals surface area contributed by atoms with Crippen LogP contribution in [-0.2, 0) is 0 Å². The standard InChI is InChI=1S/C17H9Cl2N3O/c18-12-8-6-10(7-9-12)15-20-14(19)13-16(21-15)22-17(23-13)11-4-2-1-3-5-11/h1-9H. The molecule has 0 spiro atoms. The SMILES string of the molecule is Clc1ccc(-c2nc(Cl)c3oc(-c4ccccc4)nc3n2)cc1. The van der Waals surface area contributed by atoms with Crippen molar-refractivity contribution in [2.75, 3.05) is 0 Å². The Kier molecular flexibility index (Phi) is 3.48. The van der Waals surface area contributed by atoms with Gasteiger partial charge in [-0.25, -0.2) is 9.97 Å². The van der Waals surface area contributed by atoms with Gasteiger partial charge in [0.05, 0.1) is 0 Å². The van der Waals surface area contributed by atoms with Gasteiger partial charge in [-0.2, -0.15) is 4.98 Å². The third-order valence-corrected chi connectivity index (χ3v) is 3.84. The van der Waals surface area contributed by atoms with Crippen molar-refractivity contribution in [2.24, 2.45) is 0 Å². The molecule has 0 bridgehead atoms. The van der Waals surface area contributed by atoms with E-state index in [1.807, 2.05) is 42.5 Å². The van der Waals surface area contributed by atoms with Crippen molar-refractivity contribution < 1.29 is 4.42 Å². The zero-order valence-corrected chi connectivity index (χ0v) is 13.2. The van der Waals surface area contributed by atoms with E-state index in [9.17, 15) is 0 Å². The largest absolute Gasteiger partial charge is 0.431 e. The predicted octanol–water partition coefficient (Wildman–Crippen LogP) is 5.26. The molecular formula is C17H9Cl2N3O. The van der Waals surface area contributed by atoms with Crippen molar-refractivity contribution in [3.63, 3.8) is 0 Å². The summed E-state index contributed by atoms with van der Waals surface area (Å²) in [5, 5.41) is 0.878. The van der Waals surface area contributed by atoms with Gasteiger partial charge in [0, 0.05) is 16.1 Å². The summed E-state index contributed by atoms with van der Waals surface area (Å²) in [6.45, 7) is 0. The molecular weight excluding hydrogens is 333 g/mol. The summed E-state index contributed by atoms with van der Waals surface area (Å²) in [5.41, 5.74) is 2.47. The molecule has 0 aliphatic rings. The van der Waals surface area contributed by atoms with Gasteiger partial charge in [-0.1, -0.05) is 41.4 Å². The lowest BCUT2D eigenvalue weighted by atomic mass is 10.2. The molecule has 0 N–H and O–H groups in total. The summed E-state index contributed by atoms with van der Waals surface area (Å²) in [5.74, 6) is 0.942. The van der Waals surface area contributed by atoms with Crippen LogP contribution in [0.5, 0.6) is 0 Å². The molecule has 0 atom stereocenters. The quantitative estimate of drug-likeness (QED) is 0.466. The number of oxazole rings is 1. The average molecular weight is 342 g/mol. The Labute approximate surface area is 141 Å². The molecule has 0 saturated heterocycles. The molecule has 4 nitrogen and oxygen atoms in total. The van der Waals surface area contributed by atoms with Crippen molar-refractivity contribution in [2.45, 2.75) is 0 Å². The van der Waals surface area contributed by atoms with Gasteiger partial charge in [-0.15, -0.1) is 0 Å². The minimum absolute atomic E-state index is 0.231. The maximum absolute atomic E-state index is 6.23. The highest BCUT2D eigenvalue weighted by Crippen LogP contribution is 2.29. The van der Waals surface area contributed by atoms with Crippen LogP contribution >= 0.6 is 23.2 Å². The van der Waals surface area contributed by atoms with Crippen LogP contribution in [0.15, 0.2) is 59.0 Å². The molecule has 4 aromatic rings. The van der Waals surface area contributed by atoms with E-state index in [-0.39, 0.29) is 5.15 Å². The Morgan fingerprint density at radius 2 is 1.48 bits per heavy atom. The van der Waals surface area contributed by atoms with Gasteiger partial charge < -0.3 is 4.42 Å². The number of hydrogen-bond acceptors (Lipinski definition) is 4. The van der Waals surface area contributed by atoms with Crippen molar-refractivity contribution in [1.82, 2.24) is 15.0 Å². The number of aromatic nitrogens is 3. The smallest absolute Gasteiger partial charge is 0.229 e. The first kappa shape index (κ1) is 14.2. The second kappa shape index (κ2) is 5.65. The molecule has 0 aliphatic carbocycles. The highest BCUT2D eigenvalue weighted by atomic mass is 35.5. The Hall–Kier alpha value is -2.43. The molecule has 0 unspecified atom stereocenters. The monoisotopic (exact) mass is 341 g/mol. The van der Waals surface area contributed by atoms with Crippen LogP contribution in [0.2, 0.25) is 10.2 Å². The summed E-state index contributed by atoms with van der Waals surface area (Å²) in [6, 6.07) is 16.8. The molecule has 4 rings (SSSR count). The van der Waals surface area contributed by atoms with Gasteiger partial charge in [0.2, 0.25) is 17.1 Å². The van der Waals surface area contributed by atoms with Crippen LogP contribution < -0.4 is 0 Å². The predicted molar refractivity (Wildman–Crippen MR) is 90.5 cm³/mol. The molecule has 0 aliphatic heterocycles. The first-order valence-corrected chi connectivity index (χ1v) is 7.62. The normalized spacial score (nSPS) is 11.0.